The molecule has 0 spiro atoms. The Kier molecular flexibility index (Phi) is 10.7. The van der Waals surface area contributed by atoms with E-state index < -0.39 is 11.9 Å². The van der Waals surface area contributed by atoms with Gasteiger partial charge < -0.3 is 24.1 Å². The molecule has 5 aromatic rings. The third-order valence-corrected chi connectivity index (χ3v) is 7.66. The van der Waals surface area contributed by atoms with E-state index in [1.54, 1.807) is 31.4 Å². The molecular weight excluding hydrogens is 601 g/mol. The molecular formula is C36H34FN5O5. The minimum Gasteiger partial charge on any atom is -0.473 e. The maximum atomic E-state index is 14.3. The van der Waals surface area contributed by atoms with Crippen LogP contribution in [0.2, 0.25) is 0 Å². The maximum Gasteiger partial charge on any atom is 0.251 e. The van der Waals surface area contributed by atoms with Gasteiger partial charge in [-0.25, -0.2) is 14.4 Å². The van der Waals surface area contributed by atoms with E-state index in [0.717, 1.165) is 16.6 Å². The number of carbonyl (C=O) groups excluding carboxylic acids is 2. The minimum absolute atomic E-state index is 0.0272. The fourth-order valence-electron chi connectivity index (χ4n) is 5.07. The first-order valence-electron chi connectivity index (χ1n) is 15.0. The number of methoxy groups -OCH3 is 2. The van der Waals surface area contributed by atoms with Crippen molar-refractivity contribution in [3.63, 3.8) is 0 Å². The molecule has 2 aromatic heterocycles. The fourth-order valence-corrected chi connectivity index (χ4v) is 5.07. The molecule has 1 N–H and O–H groups in total. The summed E-state index contributed by atoms with van der Waals surface area (Å²) in [6.07, 6.45) is -0.334. The number of nitrogens with one attached hydrogen (secondary N) is 1. The number of nitriles is 1. The lowest BCUT2D eigenvalue weighted by Crippen LogP contribution is -2.40. The van der Waals surface area contributed by atoms with Gasteiger partial charge in [0.2, 0.25) is 5.88 Å². The van der Waals surface area contributed by atoms with Gasteiger partial charge in [-0.15, -0.1) is 0 Å². The van der Waals surface area contributed by atoms with Gasteiger partial charge in [-0.2, -0.15) is 5.26 Å². The molecule has 0 unspecified atom stereocenters. The number of rotatable bonds is 14. The van der Waals surface area contributed by atoms with Crippen LogP contribution in [0.4, 0.5) is 4.39 Å². The number of fused-ring (bicyclic) bond motifs is 1. The lowest BCUT2D eigenvalue weighted by molar-refractivity contribution is -0.131. The average Bonchev–Trinajstić information content (AvgIpc) is 3.42. The van der Waals surface area contributed by atoms with Gasteiger partial charge in [-0.3, -0.25) is 9.59 Å². The number of hydrogen-bond donors (Lipinski definition) is 1. The van der Waals surface area contributed by atoms with Crippen LogP contribution in [0.5, 0.6) is 5.88 Å². The SMILES string of the molecule is COCCNC(=O)[C@@H](Cn1c(Cc2ccc(-c3cccc(OCc4ccc(C#N)cc4F)n3)cc2)nc2ccc(C(C)=O)cc21)OC. The Bertz CT molecular complexity index is 1930. The van der Waals surface area contributed by atoms with Crippen molar-refractivity contribution in [1.82, 2.24) is 19.9 Å². The molecule has 0 saturated heterocycles. The van der Waals surface area contributed by atoms with Crippen molar-refractivity contribution in [2.75, 3.05) is 27.4 Å². The lowest BCUT2D eigenvalue weighted by Gasteiger charge is -2.18. The van der Waals surface area contributed by atoms with E-state index in [9.17, 15) is 14.0 Å². The number of aromatic nitrogens is 3. The van der Waals surface area contributed by atoms with Crippen molar-refractivity contribution < 1.29 is 28.2 Å². The van der Waals surface area contributed by atoms with E-state index >= 15 is 0 Å². The van der Waals surface area contributed by atoms with E-state index in [0.29, 0.717) is 53.6 Å². The zero-order chi connectivity index (χ0) is 33.3. The molecule has 3 aromatic carbocycles. The first kappa shape index (κ1) is 32.9. The number of imidazole rings is 1. The number of pyridine rings is 1. The maximum absolute atomic E-state index is 14.3. The van der Waals surface area contributed by atoms with E-state index in [1.165, 1.54) is 26.2 Å². The van der Waals surface area contributed by atoms with Crippen molar-refractivity contribution in [2.24, 2.45) is 0 Å². The smallest absolute Gasteiger partial charge is 0.251 e. The number of carbonyl (C=O) groups is 2. The summed E-state index contributed by atoms with van der Waals surface area (Å²) < 4.78 is 32.6. The van der Waals surface area contributed by atoms with Crippen molar-refractivity contribution in [2.45, 2.75) is 32.6 Å². The molecule has 0 aliphatic carbocycles. The van der Waals surface area contributed by atoms with Crippen molar-refractivity contribution in [3.8, 4) is 23.2 Å². The van der Waals surface area contributed by atoms with Gasteiger partial charge in [-0.05, 0) is 48.9 Å². The molecule has 47 heavy (non-hydrogen) atoms. The number of amides is 1. The van der Waals surface area contributed by atoms with E-state index in [-0.39, 0.29) is 30.4 Å². The minimum atomic E-state index is -0.791. The van der Waals surface area contributed by atoms with Crippen molar-refractivity contribution >= 4 is 22.7 Å². The standard InChI is InChI=1S/C36H34FN5O5/c1-23(43)27-13-14-31-32(19-27)42(21-33(46-3)36(44)39-15-16-45-2)34(40-31)18-24-7-10-26(11-8-24)30-5-4-6-35(41-30)47-22-28-12-9-25(20-38)17-29(28)37/h4-14,17,19,33H,15-16,18,21-22H2,1-3H3,(H,39,44)/t33-/m1/s1. The summed E-state index contributed by atoms with van der Waals surface area (Å²) in [5.41, 5.74) is 5.07. The topological polar surface area (TPSA) is 128 Å². The molecule has 0 fully saturated rings. The predicted molar refractivity (Wildman–Crippen MR) is 173 cm³/mol. The first-order valence-corrected chi connectivity index (χ1v) is 15.0. The predicted octanol–water partition coefficient (Wildman–Crippen LogP) is 5.26. The number of benzene rings is 3. The zero-order valence-corrected chi connectivity index (χ0v) is 26.3. The third-order valence-electron chi connectivity index (χ3n) is 7.66. The van der Waals surface area contributed by atoms with Crippen LogP contribution in [-0.4, -0.2) is 59.7 Å². The first-order chi connectivity index (χ1) is 22.8. The van der Waals surface area contributed by atoms with Gasteiger partial charge >= 0.3 is 0 Å². The highest BCUT2D eigenvalue weighted by Gasteiger charge is 2.22. The second kappa shape index (κ2) is 15.2. The molecule has 0 bridgehead atoms. The van der Waals surface area contributed by atoms with Gasteiger partial charge in [0.05, 0.1) is 41.5 Å². The number of hydrogen-bond acceptors (Lipinski definition) is 8. The van der Waals surface area contributed by atoms with E-state index in [4.69, 9.17) is 24.5 Å². The van der Waals surface area contributed by atoms with Crippen LogP contribution >= 0.6 is 0 Å². The largest absolute Gasteiger partial charge is 0.473 e. The molecule has 11 heteroatoms. The van der Waals surface area contributed by atoms with Crippen LogP contribution in [0.1, 0.15) is 39.8 Å². The van der Waals surface area contributed by atoms with E-state index in [1.807, 2.05) is 53.1 Å². The molecule has 0 aliphatic heterocycles. The number of ether oxygens (including phenoxy) is 3. The highest BCUT2D eigenvalue weighted by Crippen LogP contribution is 2.25. The second-order valence-electron chi connectivity index (χ2n) is 10.8. The summed E-state index contributed by atoms with van der Waals surface area (Å²) in [7, 11) is 3.05. The number of Topliss-reactive ketones (excluding diaryl/α,β-unsaturated/α-hetero) is 1. The molecule has 240 valence electrons. The van der Waals surface area contributed by atoms with Crippen molar-refractivity contribution in [1.29, 1.82) is 5.26 Å². The van der Waals surface area contributed by atoms with Crippen LogP contribution in [0.15, 0.2) is 78.9 Å². The number of ketones is 1. The molecule has 1 amide bonds. The Hall–Kier alpha value is -5.44. The van der Waals surface area contributed by atoms with Gasteiger partial charge in [0, 0.05) is 49.9 Å². The van der Waals surface area contributed by atoms with Crippen LogP contribution in [0.3, 0.4) is 0 Å². The zero-order valence-electron chi connectivity index (χ0n) is 26.3. The molecule has 0 saturated carbocycles. The lowest BCUT2D eigenvalue weighted by atomic mass is 10.1. The van der Waals surface area contributed by atoms with Gasteiger partial charge in [-0.1, -0.05) is 36.4 Å². The molecule has 2 heterocycles. The fraction of sp³-hybridized carbons (Fsp3) is 0.250. The molecule has 0 radical (unpaired) electrons. The van der Waals surface area contributed by atoms with Gasteiger partial charge in [0.1, 0.15) is 18.2 Å². The monoisotopic (exact) mass is 635 g/mol. The number of halogens is 1. The summed E-state index contributed by atoms with van der Waals surface area (Å²) in [5.74, 6) is 0.204. The van der Waals surface area contributed by atoms with Crippen molar-refractivity contribution in [3.05, 3.63) is 113 Å². The third kappa shape index (κ3) is 8.05. The summed E-state index contributed by atoms with van der Waals surface area (Å²) in [6, 6.07) is 24.8. The summed E-state index contributed by atoms with van der Waals surface area (Å²) in [5, 5.41) is 11.8. The molecule has 0 aliphatic rings. The number of nitrogens with zero attached hydrogens (tertiary/aromatic N) is 4. The van der Waals surface area contributed by atoms with Crippen LogP contribution < -0.4 is 10.1 Å². The van der Waals surface area contributed by atoms with Crippen LogP contribution in [0, 0.1) is 17.1 Å². The Morgan fingerprint density at radius 2 is 1.83 bits per heavy atom. The molecule has 5 rings (SSSR count). The Morgan fingerprint density at radius 1 is 1.02 bits per heavy atom. The Balaban J connectivity index is 1.35. The Labute approximate surface area is 271 Å². The molecule has 1 atom stereocenters. The highest BCUT2D eigenvalue weighted by atomic mass is 19.1. The summed E-state index contributed by atoms with van der Waals surface area (Å²) in [6.45, 7) is 2.42. The van der Waals surface area contributed by atoms with E-state index in [2.05, 4.69) is 10.3 Å². The van der Waals surface area contributed by atoms with Crippen LogP contribution in [0.25, 0.3) is 22.3 Å². The highest BCUT2D eigenvalue weighted by molar-refractivity contribution is 5.97. The summed E-state index contributed by atoms with van der Waals surface area (Å²) >= 11 is 0. The quantitative estimate of drug-likeness (QED) is 0.129. The normalized spacial score (nSPS) is 11.6. The van der Waals surface area contributed by atoms with Gasteiger partial charge in [0.25, 0.3) is 5.91 Å². The summed E-state index contributed by atoms with van der Waals surface area (Å²) in [4.78, 5) is 34.5. The molecule has 10 nitrogen and oxygen atoms in total. The van der Waals surface area contributed by atoms with Gasteiger partial charge in [0.15, 0.2) is 11.9 Å². The Morgan fingerprint density at radius 3 is 2.53 bits per heavy atom. The second-order valence-corrected chi connectivity index (χ2v) is 10.8. The average molecular weight is 636 g/mol. The van der Waals surface area contributed by atoms with Crippen LogP contribution in [-0.2, 0) is 33.8 Å².